The molecule has 0 bridgehead atoms. The minimum atomic E-state index is -0.366. The zero-order valence-corrected chi connectivity index (χ0v) is 17.0. The summed E-state index contributed by atoms with van der Waals surface area (Å²) in [6.45, 7) is 4.47. The van der Waals surface area contributed by atoms with Gasteiger partial charge in [-0.3, -0.25) is 0 Å². The van der Waals surface area contributed by atoms with Gasteiger partial charge in [0.25, 0.3) is 0 Å². The molecular formula is C20H21FN6OS. The van der Waals surface area contributed by atoms with Crippen molar-refractivity contribution in [1.82, 2.24) is 25.6 Å². The van der Waals surface area contributed by atoms with E-state index in [0.717, 1.165) is 40.4 Å². The third-order valence-electron chi connectivity index (χ3n) is 5.17. The molecule has 5 rings (SSSR count). The van der Waals surface area contributed by atoms with Crippen LogP contribution in [0.2, 0.25) is 0 Å². The molecule has 7 nitrogen and oxygen atoms in total. The van der Waals surface area contributed by atoms with Gasteiger partial charge in [0, 0.05) is 41.4 Å². The van der Waals surface area contributed by atoms with E-state index in [9.17, 15) is 4.39 Å². The molecule has 0 unspecified atom stereocenters. The molecule has 0 atom stereocenters. The van der Waals surface area contributed by atoms with Crippen LogP contribution >= 0.6 is 11.3 Å². The maximum atomic E-state index is 14.8. The zero-order valence-electron chi connectivity index (χ0n) is 16.2. The summed E-state index contributed by atoms with van der Waals surface area (Å²) in [5.74, 6) is 0.807. The highest BCUT2D eigenvalue weighted by Crippen LogP contribution is 2.42. The number of aromatic nitrogens is 5. The topological polar surface area (TPSA) is 79.8 Å². The first-order chi connectivity index (χ1) is 14.1. The predicted molar refractivity (Wildman–Crippen MR) is 108 cm³/mol. The SMILES string of the molecule is CC(C)c1csc(COc2cc3c(cc2F)CC(c2nn[nH]n2)=CN3C2CC2)n1. The van der Waals surface area contributed by atoms with Crippen molar-refractivity contribution < 1.29 is 9.13 Å². The van der Waals surface area contributed by atoms with Gasteiger partial charge in [-0.1, -0.05) is 13.8 Å². The van der Waals surface area contributed by atoms with E-state index in [0.29, 0.717) is 24.2 Å². The second-order valence-corrected chi connectivity index (χ2v) is 8.67. The molecule has 1 saturated carbocycles. The van der Waals surface area contributed by atoms with E-state index in [1.165, 1.54) is 0 Å². The molecule has 1 fully saturated rings. The number of thiazole rings is 1. The number of hydrogen-bond donors (Lipinski definition) is 1. The first kappa shape index (κ1) is 18.2. The van der Waals surface area contributed by atoms with E-state index in [4.69, 9.17) is 4.74 Å². The minimum absolute atomic E-state index is 0.257. The van der Waals surface area contributed by atoms with Crippen LogP contribution in [0.25, 0.3) is 5.57 Å². The Morgan fingerprint density at radius 1 is 1.34 bits per heavy atom. The summed E-state index contributed by atoms with van der Waals surface area (Å²) in [6, 6.07) is 3.79. The summed E-state index contributed by atoms with van der Waals surface area (Å²) in [7, 11) is 0. The van der Waals surface area contributed by atoms with Crippen LogP contribution in [-0.2, 0) is 13.0 Å². The van der Waals surface area contributed by atoms with Gasteiger partial charge in [-0.2, -0.15) is 5.21 Å². The number of ether oxygens (including phenoxy) is 1. The van der Waals surface area contributed by atoms with Crippen molar-refractivity contribution in [2.45, 2.75) is 51.7 Å². The molecule has 0 amide bonds. The van der Waals surface area contributed by atoms with Gasteiger partial charge in [0.05, 0.1) is 5.69 Å². The van der Waals surface area contributed by atoms with Gasteiger partial charge in [-0.25, -0.2) is 9.37 Å². The molecule has 9 heteroatoms. The summed E-state index contributed by atoms with van der Waals surface area (Å²) in [6.07, 6.45) is 4.84. The molecule has 150 valence electrons. The number of halogens is 1. The molecule has 0 spiro atoms. The van der Waals surface area contributed by atoms with Gasteiger partial charge in [0.2, 0.25) is 5.82 Å². The smallest absolute Gasteiger partial charge is 0.202 e. The van der Waals surface area contributed by atoms with Crippen LogP contribution in [0.15, 0.2) is 23.7 Å². The average Bonchev–Trinajstić information content (AvgIpc) is 3.19. The largest absolute Gasteiger partial charge is 0.483 e. The van der Waals surface area contributed by atoms with Crippen molar-refractivity contribution in [2.24, 2.45) is 0 Å². The highest BCUT2D eigenvalue weighted by Gasteiger charge is 2.33. The summed E-state index contributed by atoms with van der Waals surface area (Å²) >= 11 is 1.54. The van der Waals surface area contributed by atoms with Gasteiger partial charge in [-0.15, -0.1) is 21.5 Å². The van der Waals surface area contributed by atoms with E-state index >= 15 is 0 Å². The minimum Gasteiger partial charge on any atom is -0.483 e. The van der Waals surface area contributed by atoms with Crippen LogP contribution in [0, 0.1) is 5.82 Å². The number of anilines is 1. The van der Waals surface area contributed by atoms with Gasteiger partial charge >= 0.3 is 0 Å². The molecule has 1 aliphatic carbocycles. The molecule has 3 aromatic rings. The normalized spacial score (nSPS) is 16.1. The third kappa shape index (κ3) is 3.62. The number of H-pyrrole nitrogens is 1. The van der Waals surface area contributed by atoms with Crippen LogP contribution in [0.4, 0.5) is 10.1 Å². The maximum absolute atomic E-state index is 14.8. The molecule has 1 N–H and O–H groups in total. The molecule has 1 aromatic carbocycles. The lowest BCUT2D eigenvalue weighted by molar-refractivity contribution is 0.289. The van der Waals surface area contributed by atoms with Crippen LogP contribution in [-0.4, -0.2) is 31.6 Å². The van der Waals surface area contributed by atoms with Gasteiger partial charge in [0.1, 0.15) is 11.6 Å². The first-order valence-electron chi connectivity index (χ1n) is 9.71. The van der Waals surface area contributed by atoms with E-state index in [2.05, 4.69) is 50.6 Å². The predicted octanol–water partition coefficient (Wildman–Crippen LogP) is 4.06. The Labute approximate surface area is 171 Å². The van der Waals surface area contributed by atoms with Gasteiger partial charge in [0.15, 0.2) is 11.6 Å². The van der Waals surface area contributed by atoms with E-state index in [1.807, 2.05) is 11.4 Å². The number of benzene rings is 1. The van der Waals surface area contributed by atoms with Crippen LogP contribution in [0.3, 0.4) is 0 Å². The zero-order chi connectivity index (χ0) is 20.0. The van der Waals surface area contributed by atoms with Crippen LogP contribution < -0.4 is 9.64 Å². The van der Waals surface area contributed by atoms with Crippen molar-refractivity contribution >= 4 is 22.6 Å². The molecule has 3 heterocycles. The van der Waals surface area contributed by atoms with Crippen molar-refractivity contribution in [3.8, 4) is 5.75 Å². The van der Waals surface area contributed by atoms with Crippen molar-refractivity contribution in [2.75, 3.05) is 4.90 Å². The van der Waals surface area contributed by atoms with Crippen LogP contribution in [0.5, 0.6) is 5.75 Å². The molecule has 2 aliphatic rings. The van der Waals surface area contributed by atoms with Gasteiger partial charge in [-0.05, 0) is 35.6 Å². The fraction of sp³-hybridized carbons (Fsp3) is 0.400. The van der Waals surface area contributed by atoms with Crippen molar-refractivity contribution in [3.63, 3.8) is 0 Å². The Morgan fingerprint density at radius 2 is 2.21 bits per heavy atom. The number of nitrogens with zero attached hydrogens (tertiary/aromatic N) is 5. The van der Waals surface area contributed by atoms with Crippen molar-refractivity contribution in [3.05, 3.63) is 51.6 Å². The van der Waals surface area contributed by atoms with E-state index < -0.39 is 0 Å². The monoisotopic (exact) mass is 412 g/mol. The third-order valence-corrected chi connectivity index (χ3v) is 6.01. The van der Waals surface area contributed by atoms with E-state index in [1.54, 1.807) is 17.4 Å². The molecule has 0 radical (unpaired) electrons. The number of rotatable bonds is 6. The summed E-state index contributed by atoms with van der Waals surface area (Å²) in [5, 5.41) is 17.2. The second-order valence-electron chi connectivity index (χ2n) is 7.73. The first-order valence-corrected chi connectivity index (χ1v) is 10.6. The number of aromatic amines is 1. The Balaban J connectivity index is 1.41. The lowest BCUT2D eigenvalue weighted by Gasteiger charge is -2.29. The highest BCUT2D eigenvalue weighted by molar-refractivity contribution is 7.09. The average molecular weight is 412 g/mol. The maximum Gasteiger partial charge on any atom is 0.202 e. The Morgan fingerprint density at radius 3 is 2.90 bits per heavy atom. The van der Waals surface area contributed by atoms with Gasteiger partial charge < -0.3 is 9.64 Å². The standard InChI is InChI=1S/C20H21FN6OS/c1-11(2)16-10-29-19(22-16)9-28-18-7-17-12(6-15(18)21)5-13(20-23-25-26-24-20)8-27(17)14-3-4-14/h6-8,10-11,14H,3-5,9H2,1-2H3,(H,23,24,25,26). The van der Waals surface area contributed by atoms with Crippen LogP contribution in [0.1, 0.15) is 54.7 Å². The Bertz CT molecular complexity index is 1060. The van der Waals surface area contributed by atoms with Crippen molar-refractivity contribution in [1.29, 1.82) is 0 Å². The number of nitrogens with one attached hydrogen (secondary N) is 1. The Kier molecular flexibility index (Phi) is 4.54. The molecule has 0 saturated heterocycles. The molecule has 1 aliphatic heterocycles. The molecular weight excluding hydrogens is 391 g/mol. The van der Waals surface area contributed by atoms with E-state index in [-0.39, 0.29) is 18.2 Å². The Hall–Kier alpha value is -2.81. The number of fused-ring (bicyclic) bond motifs is 1. The fourth-order valence-corrected chi connectivity index (χ4v) is 4.32. The number of tetrazole rings is 1. The fourth-order valence-electron chi connectivity index (χ4n) is 3.45. The highest BCUT2D eigenvalue weighted by atomic mass is 32.1. The summed E-state index contributed by atoms with van der Waals surface area (Å²) in [5.41, 5.74) is 3.85. The number of allylic oxidation sites excluding steroid dienone is 1. The lowest BCUT2D eigenvalue weighted by Crippen LogP contribution is -2.24. The second kappa shape index (κ2) is 7.22. The lowest BCUT2D eigenvalue weighted by atomic mass is 9.98. The molecule has 29 heavy (non-hydrogen) atoms. The summed E-state index contributed by atoms with van der Waals surface area (Å²) in [4.78, 5) is 6.75. The molecule has 2 aromatic heterocycles. The quantitative estimate of drug-likeness (QED) is 0.658. The summed E-state index contributed by atoms with van der Waals surface area (Å²) < 4.78 is 20.6. The number of hydrogen-bond acceptors (Lipinski definition) is 7.